The molecule has 2 atom stereocenters. The van der Waals surface area contributed by atoms with E-state index in [1.54, 1.807) is 0 Å². The fourth-order valence-electron chi connectivity index (χ4n) is 3.01. The Hall–Kier alpha value is -0.930. The zero-order chi connectivity index (χ0) is 14.2. The molecule has 2 unspecified atom stereocenters. The molecule has 1 N–H and O–H groups in total. The van der Waals surface area contributed by atoms with Gasteiger partial charge in [0.2, 0.25) is 0 Å². The SMILES string of the molecule is CCNCc1cccc(COC2CCCCC2CC)n1. The number of nitrogens with zero attached hydrogens (tertiary/aromatic N) is 1. The maximum absolute atomic E-state index is 6.15. The molecule has 0 saturated heterocycles. The number of pyridine rings is 1. The lowest BCUT2D eigenvalue weighted by Crippen LogP contribution is -2.27. The molecule has 1 aliphatic rings. The highest BCUT2D eigenvalue weighted by molar-refractivity contribution is 5.10. The van der Waals surface area contributed by atoms with E-state index in [0.29, 0.717) is 12.7 Å². The summed E-state index contributed by atoms with van der Waals surface area (Å²) in [6.45, 7) is 6.86. The zero-order valence-electron chi connectivity index (χ0n) is 12.9. The predicted molar refractivity (Wildman–Crippen MR) is 82.4 cm³/mol. The fraction of sp³-hybridized carbons (Fsp3) is 0.706. The second-order valence-corrected chi connectivity index (χ2v) is 5.70. The minimum Gasteiger partial charge on any atom is -0.372 e. The van der Waals surface area contributed by atoms with Crippen LogP contribution >= 0.6 is 0 Å². The maximum atomic E-state index is 6.15. The summed E-state index contributed by atoms with van der Waals surface area (Å²) in [6.07, 6.45) is 6.90. The Morgan fingerprint density at radius 3 is 2.80 bits per heavy atom. The van der Waals surface area contributed by atoms with Crippen LogP contribution in [0.3, 0.4) is 0 Å². The summed E-state index contributed by atoms with van der Waals surface area (Å²) in [6, 6.07) is 6.22. The molecule has 112 valence electrons. The molecule has 0 radical (unpaired) electrons. The highest BCUT2D eigenvalue weighted by atomic mass is 16.5. The minimum absolute atomic E-state index is 0.438. The third-order valence-corrected chi connectivity index (χ3v) is 4.23. The van der Waals surface area contributed by atoms with Crippen molar-refractivity contribution in [3.8, 4) is 0 Å². The van der Waals surface area contributed by atoms with Gasteiger partial charge in [0.1, 0.15) is 0 Å². The summed E-state index contributed by atoms with van der Waals surface area (Å²) in [5.74, 6) is 0.744. The van der Waals surface area contributed by atoms with Crippen molar-refractivity contribution < 1.29 is 4.74 Å². The number of hydrogen-bond acceptors (Lipinski definition) is 3. The molecule has 0 spiro atoms. The minimum atomic E-state index is 0.438. The van der Waals surface area contributed by atoms with Crippen LogP contribution < -0.4 is 5.32 Å². The first kappa shape index (κ1) is 15.5. The van der Waals surface area contributed by atoms with E-state index in [9.17, 15) is 0 Å². The molecule has 1 aliphatic carbocycles. The Balaban J connectivity index is 1.86. The van der Waals surface area contributed by atoms with Crippen LogP contribution in [0.15, 0.2) is 18.2 Å². The summed E-state index contributed by atoms with van der Waals surface area (Å²) in [5, 5.41) is 3.31. The van der Waals surface area contributed by atoms with Crippen molar-refractivity contribution in [1.82, 2.24) is 10.3 Å². The van der Waals surface area contributed by atoms with Crippen molar-refractivity contribution in [2.75, 3.05) is 6.54 Å². The molecule has 1 saturated carbocycles. The number of ether oxygens (including phenoxy) is 1. The van der Waals surface area contributed by atoms with Crippen molar-refractivity contribution in [2.45, 2.75) is 65.2 Å². The monoisotopic (exact) mass is 276 g/mol. The van der Waals surface area contributed by atoms with E-state index in [-0.39, 0.29) is 0 Å². The molecule has 20 heavy (non-hydrogen) atoms. The van der Waals surface area contributed by atoms with Crippen LogP contribution in [0.2, 0.25) is 0 Å². The molecule has 2 rings (SSSR count). The summed E-state index contributed by atoms with van der Waals surface area (Å²) in [4.78, 5) is 4.66. The van der Waals surface area contributed by atoms with E-state index in [1.165, 1.54) is 32.1 Å². The Labute approximate surface area is 123 Å². The second kappa shape index (κ2) is 8.38. The molecule has 0 amide bonds. The van der Waals surface area contributed by atoms with Gasteiger partial charge in [-0.25, -0.2) is 0 Å². The lowest BCUT2D eigenvalue weighted by molar-refractivity contribution is -0.0235. The van der Waals surface area contributed by atoms with Crippen LogP contribution in [0.25, 0.3) is 0 Å². The van der Waals surface area contributed by atoms with Crippen molar-refractivity contribution in [3.05, 3.63) is 29.6 Å². The number of nitrogens with one attached hydrogen (secondary N) is 1. The third kappa shape index (κ3) is 4.57. The average Bonchev–Trinajstić information content (AvgIpc) is 2.51. The molecule has 0 bridgehead atoms. The van der Waals surface area contributed by atoms with Gasteiger partial charge in [0.15, 0.2) is 0 Å². The smallest absolute Gasteiger partial charge is 0.0891 e. The molecule has 0 aromatic carbocycles. The molecular weight excluding hydrogens is 248 g/mol. The molecule has 0 aliphatic heterocycles. The van der Waals surface area contributed by atoms with Gasteiger partial charge in [-0.15, -0.1) is 0 Å². The first-order valence-electron chi connectivity index (χ1n) is 8.10. The number of rotatable bonds is 7. The Morgan fingerprint density at radius 2 is 2.00 bits per heavy atom. The molecule has 1 heterocycles. The fourth-order valence-corrected chi connectivity index (χ4v) is 3.01. The lowest BCUT2D eigenvalue weighted by Gasteiger charge is -2.30. The maximum Gasteiger partial charge on any atom is 0.0891 e. The second-order valence-electron chi connectivity index (χ2n) is 5.70. The van der Waals surface area contributed by atoms with E-state index in [1.807, 2.05) is 0 Å². The molecule has 1 fully saturated rings. The highest BCUT2D eigenvalue weighted by Crippen LogP contribution is 2.29. The van der Waals surface area contributed by atoms with Crippen molar-refractivity contribution in [2.24, 2.45) is 5.92 Å². The van der Waals surface area contributed by atoms with Gasteiger partial charge in [-0.05, 0) is 37.4 Å². The molecule has 1 aromatic rings. The van der Waals surface area contributed by atoms with E-state index < -0.39 is 0 Å². The van der Waals surface area contributed by atoms with Crippen LogP contribution in [-0.4, -0.2) is 17.6 Å². The van der Waals surface area contributed by atoms with Gasteiger partial charge in [0, 0.05) is 6.54 Å². The van der Waals surface area contributed by atoms with Gasteiger partial charge in [-0.1, -0.05) is 39.2 Å². The third-order valence-electron chi connectivity index (χ3n) is 4.23. The first-order chi connectivity index (χ1) is 9.83. The summed E-state index contributed by atoms with van der Waals surface area (Å²) >= 11 is 0. The van der Waals surface area contributed by atoms with E-state index in [0.717, 1.165) is 30.4 Å². The van der Waals surface area contributed by atoms with Gasteiger partial charge in [0.25, 0.3) is 0 Å². The summed E-state index contributed by atoms with van der Waals surface area (Å²) in [5.41, 5.74) is 2.16. The van der Waals surface area contributed by atoms with Crippen LogP contribution in [0.1, 0.15) is 57.3 Å². The number of aromatic nitrogens is 1. The average molecular weight is 276 g/mol. The van der Waals surface area contributed by atoms with Crippen molar-refractivity contribution in [1.29, 1.82) is 0 Å². The van der Waals surface area contributed by atoms with Gasteiger partial charge in [-0.2, -0.15) is 0 Å². The lowest BCUT2D eigenvalue weighted by atomic mass is 9.85. The Morgan fingerprint density at radius 1 is 1.20 bits per heavy atom. The van der Waals surface area contributed by atoms with Crippen LogP contribution in [-0.2, 0) is 17.9 Å². The summed E-state index contributed by atoms with van der Waals surface area (Å²) < 4.78 is 6.15. The molecule has 3 nitrogen and oxygen atoms in total. The molecule has 1 aromatic heterocycles. The van der Waals surface area contributed by atoms with E-state index >= 15 is 0 Å². The van der Waals surface area contributed by atoms with Gasteiger partial charge >= 0.3 is 0 Å². The summed E-state index contributed by atoms with van der Waals surface area (Å²) in [7, 11) is 0. The predicted octanol–water partition coefficient (Wildman–Crippen LogP) is 3.68. The van der Waals surface area contributed by atoms with Crippen molar-refractivity contribution in [3.63, 3.8) is 0 Å². The van der Waals surface area contributed by atoms with Crippen molar-refractivity contribution >= 4 is 0 Å². The Kier molecular flexibility index (Phi) is 6.48. The Bertz CT molecular complexity index is 394. The first-order valence-corrected chi connectivity index (χ1v) is 8.10. The van der Waals surface area contributed by atoms with Crippen LogP contribution in [0, 0.1) is 5.92 Å². The molecular formula is C17H28N2O. The highest BCUT2D eigenvalue weighted by Gasteiger charge is 2.24. The van der Waals surface area contributed by atoms with Gasteiger partial charge in [0.05, 0.1) is 24.1 Å². The van der Waals surface area contributed by atoms with Gasteiger partial charge < -0.3 is 10.1 Å². The normalized spacial score (nSPS) is 22.9. The largest absolute Gasteiger partial charge is 0.372 e. The topological polar surface area (TPSA) is 34.1 Å². The molecule has 3 heteroatoms. The number of hydrogen-bond donors (Lipinski definition) is 1. The standard InChI is InChI=1S/C17H28N2O/c1-3-14-8-5-6-11-17(14)20-13-16-10-7-9-15(19-16)12-18-4-2/h7,9-10,14,17-18H,3-6,8,11-13H2,1-2H3. The quantitative estimate of drug-likeness (QED) is 0.825. The zero-order valence-corrected chi connectivity index (χ0v) is 12.9. The van der Waals surface area contributed by atoms with Gasteiger partial charge in [-0.3, -0.25) is 4.98 Å². The van der Waals surface area contributed by atoms with E-state index in [4.69, 9.17) is 4.74 Å². The van der Waals surface area contributed by atoms with E-state index in [2.05, 4.69) is 42.3 Å². The van der Waals surface area contributed by atoms with Crippen LogP contribution in [0.4, 0.5) is 0 Å². The van der Waals surface area contributed by atoms with Crippen LogP contribution in [0.5, 0.6) is 0 Å².